The first-order valence-electron chi connectivity index (χ1n) is 11.3. The van der Waals surface area contributed by atoms with Crippen LogP contribution in [0.1, 0.15) is 52.4 Å². The SMILES string of the molecule is C[C@]12CCC(=O)C=C1C(F)C[C@@H]1C2=CC[C@]2(C)C(=C=CS(=O)c3ccccc3)CC[C@@H]12. The Morgan fingerprint density at radius 2 is 1.94 bits per heavy atom. The quantitative estimate of drug-likeness (QED) is 0.407. The fraction of sp³-hybridized carbons (Fsp3) is 0.481. The van der Waals surface area contributed by atoms with Crippen molar-refractivity contribution in [1.82, 2.24) is 0 Å². The third-order valence-corrected chi connectivity index (χ3v) is 9.49. The molecule has 4 aliphatic rings. The Morgan fingerprint density at radius 1 is 1.16 bits per heavy atom. The molecule has 2 saturated carbocycles. The van der Waals surface area contributed by atoms with Crippen LogP contribution in [0.2, 0.25) is 0 Å². The molecule has 0 N–H and O–H groups in total. The van der Waals surface area contributed by atoms with E-state index in [4.69, 9.17) is 0 Å². The number of hydrogen-bond donors (Lipinski definition) is 0. The van der Waals surface area contributed by atoms with Gasteiger partial charge in [-0.15, -0.1) is 5.73 Å². The molecule has 0 radical (unpaired) electrons. The third kappa shape index (κ3) is 3.27. The number of ketones is 1. The lowest BCUT2D eigenvalue weighted by atomic mass is 9.51. The predicted octanol–water partition coefficient (Wildman–Crippen LogP) is 6.23. The molecule has 4 aliphatic carbocycles. The Balaban J connectivity index is 1.49. The predicted molar refractivity (Wildman–Crippen MR) is 121 cm³/mol. The van der Waals surface area contributed by atoms with E-state index in [1.165, 1.54) is 11.1 Å². The number of alkyl halides is 1. The van der Waals surface area contributed by atoms with E-state index >= 15 is 4.39 Å². The lowest BCUT2D eigenvalue weighted by molar-refractivity contribution is -0.115. The standard InChI is InChI=1S/C27H29FO2S/c1-26-14-11-23-21(17-25(28)24-16-19(29)10-13-27(23,24)2)22(26)9-8-18(26)12-15-31(30)20-6-4-3-5-7-20/h3-7,11,15-16,21-22,25H,8-10,13-14,17H2,1-2H3/t12?,21-,22-,25?,26+,27+,31?/m0/s1. The van der Waals surface area contributed by atoms with E-state index in [1.54, 1.807) is 11.5 Å². The van der Waals surface area contributed by atoms with Crippen LogP contribution in [0.4, 0.5) is 4.39 Å². The first-order valence-corrected chi connectivity index (χ1v) is 12.6. The fourth-order valence-corrected chi connectivity index (χ4v) is 7.48. The molecule has 1 aromatic rings. The Kier molecular flexibility index (Phi) is 5.07. The second-order valence-electron chi connectivity index (χ2n) is 9.99. The minimum atomic E-state index is -1.21. The molecule has 0 aromatic heterocycles. The summed E-state index contributed by atoms with van der Waals surface area (Å²) in [5, 5.41) is 1.70. The fourth-order valence-electron chi connectivity index (χ4n) is 6.67. The molecule has 6 atom stereocenters. The molecule has 0 amide bonds. The highest BCUT2D eigenvalue weighted by atomic mass is 32.2. The van der Waals surface area contributed by atoms with Gasteiger partial charge in [-0.3, -0.25) is 4.79 Å². The van der Waals surface area contributed by atoms with Gasteiger partial charge < -0.3 is 0 Å². The molecule has 5 rings (SSSR count). The number of carbonyl (C=O) groups is 1. The minimum absolute atomic E-state index is 0.0622. The van der Waals surface area contributed by atoms with Gasteiger partial charge in [0.2, 0.25) is 0 Å². The van der Waals surface area contributed by atoms with Gasteiger partial charge in [-0.25, -0.2) is 8.60 Å². The van der Waals surface area contributed by atoms with Crippen molar-refractivity contribution in [3.63, 3.8) is 0 Å². The molecule has 2 nitrogen and oxygen atoms in total. The molecule has 0 saturated heterocycles. The topological polar surface area (TPSA) is 34.1 Å². The molecule has 2 fully saturated rings. The van der Waals surface area contributed by atoms with Crippen molar-refractivity contribution in [2.24, 2.45) is 22.7 Å². The van der Waals surface area contributed by atoms with Gasteiger partial charge in [0.25, 0.3) is 0 Å². The largest absolute Gasteiger partial charge is 0.295 e. The van der Waals surface area contributed by atoms with Gasteiger partial charge in [0.05, 0.1) is 10.8 Å². The summed E-state index contributed by atoms with van der Waals surface area (Å²) in [5.41, 5.74) is 6.33. The van der Waals surface area contributed by atoms with Crippen LogP contribution < -0.4 is 0 Å². The zero-order valence-electron chi connectivity index (χ0n) is 18.2. The molecular weight excluding hydrogens is 407 g/mol. The smallest absolute Gasteiger partial charge is 0.155 e. The molecule has 0 bridgehead atoms. The molecule has 31 heavy (non-hydrogen) atoms. The minimum Gasteiger partial charge on any atom is -0.295 e. The van der Waals surface area contributed by atoms with E-state index in [2.05, 4.69) is 25.7 Å². The Morgan fingerprint density at radius 3 is 2.71 bits per heavy atom. The average molecular weight is 437 g/mol. The lowest BCUT2D eigenvalue weighted by Crippen LogP contribution is -2.46. The van der Waals surface area contributed by atoms with Crippen molar-refractivity contribution >= 4 is 16.6 Å². The summed E-state index contributed by atoms with van der Waals surface area (Å²) in [4.78, 5) is 12.8. The van der Waals surface area contributed by atoms with Crippen molar-refractivity contribution in [2.45, 2.75) is 63.4 Å². The molecule has 0 heterocycles. The van der Waals surface area contributed by atoms with Gasteiger partial charge in [-0.2, -0.15) is 0 Å². The van der Waals surface area contributed by atoms with E-state index in [9.17, 15) is 9.00 Å². The van der Waals surface area contributed by atoms with Gasteiger partial charge in [0.15, 0.2) is 5.78 Å². The Bertz CT molecular complexity index is 1080. The van der Waals surface area contributed by atoms with Gasteiger partial charge >= 0.3 is 0 Å². The van der Waals surface area contributed by atoms with Crippen molar-refractivity contribution in [3.05, 3.63) is 70.3 Å². The Hall–Kier alpha value is -2.03. The van der Waals surface area contributed by atoms with Crippen molar-refractivity contribution < 1.29 is 13.4 Å². The number of fused-ring (bicyclic) bond motifs is 5. The zero-order valence-corrected chi connectivity index (χ0v) is 19.0. The maximum absolute atomic E-state index is 15.3. The van der Waals surface area contributed by atoms with Crippen molar-refractivity contribution in [1.29, 1.82) is 0 Å². The molecule has 162 valence electrons. The molecule has 1 aromatic carbocycles. The summed E-state index contributed by atoms with van der Waals surface area (Å²) >= 11 is 0. The van der Waals surface area contributed by atoms with E-state index in [0.717, 1.165) is 30.6 Å². The summed E-state index contributed by atoms with van der Waals surface area (Å²) in [6.07, 6.45) is 7.48. The monoisotopic (exact) mass is 436 g/mol. The van der Waals surface area contributed by atoms with E-state index < -0.39 is 17.0 Å². The van der Waals surface area contributed by atoms with E-state index in [0.29, 0.717) is 24.3 Å². The van der Waals surface area contributed by atoms with Crippen LogP contribution in [0, 0.1) is 22.7 Å². The first-order chi connectivity index (χ1) is 14.8. The maximum atomic E-state index is 15.3. The number of halogens is 1. The van der Waals surface area contributed by atoms with Crippen molar-refractivity contribution in [3.8, 4) is 0 Å². The molecule has 2 unspecified atom stereocenters. The average Bonchev–Trinajstić information content (AvgIpc) is 3.10. The summed E-state index contributed by atoms with van der Waals surface area (Å²) < 4.78 is 28.0. The number of carbonyl (C=O) groups excluding carboxylic acids is 1. The van der Waals surface area contributed by atoms with E-state index in [1.807, 2.05) is 30.3 Å². The number of hydrogen-bond acceptors (Lipinski definition) is 2. The van der Waals surface area contributed by atoms with Crippen LogP contribution >= 0.6 is 0 Å². The van der Waals surface area contributed by atoms with Crippen LogP contribution in [0.15, 0.2) is 75.2 Å². The summed E-state index contributed by atoms with van der Waals surface area (Å²) in [6.45, 7) is 4.43. The number of benzene rings is 1. The first kappa shape index (κ1) is 20.8. The third-order valence-electron chi connectivity index (χ3n) is 8.42. The molecule has 0 aliphatic heterocycles. The van der Waals surface area contributed by atoms with Crippen LogP contribution in [0.25, 0.3) is 0 Å². The van der Waals surface area contributed by atoms with Crippen molar-refractivity contribution in [2.75, 3.05) is 0 Å². The van der Waals surface area contributed by atoms with Gasteiger partial charge in [-0.05, 0) is 73.3 Å². The highest BCUT2D eigenvalue weighted by molar-refractivity contribution is 7.88. The van der Waals surface area contributed by atoms with Crippen LogP contribution in [-0.4, -0.2) is 16.2 Å². The van der Waals surface area contributed by atoms with Gasteiger partial charge in [0.1, 0.15) is 6.17 Å². The van der Waals surface area contributed by atoms with Crippen LogP contribution in [0.3, 0.4) is 0 Å². The summed E-state index contributed by atoms with van der Waals surface area (Å²) in [7, 11) is -1.21. The molecule has 4 heteroatoms. The van der Waals surface area contributed by atoms with Gasteiger partial charge in [-0.1, -0.05) is 43.7 Å². The normalized spacial score (nSPS) is 37.6. The van der Waals surface area contributed by atoms with E-state index in [-0.39, 0.29) is 22.5 Å². The number of rotatable bonds is 2. The summed E-state index contributed by atoms with van der Waals surface area (Å²) in [6, 6.07) is 9.46. The molecular formula is C27H29FO2S. The van der Waals surface area contributed by atoms with Crippen LogP contribution in [0.5, 0.6) is 0 Å². The van der Waals surface area contributed by atoms with Gasteiger partial charge in [0, 0.05) is 27.6 Å². The number of allylic oxidation sites excluding steroid dienone is 5. The molecule has 0 spiro atoms. The van der Waals surface area contributed by atoms with Crippen LogP contribution in [-0.2, 0) is 15.6 Å². The second-order valence-corrected chi connectivity index (χ2v) is 11.3. The highest BCUT2D eigenvalue weighted by Gasteiger charge is 2.56. The summed E-state index contributed by atoms with van der Waals surface area (Å²) in [5.74, 6) is 0.656. The highest BCUT2D eigenvalue weighted by Crippen LogP contribution is 2.64. The lowest BCUT2D eigenvalue weighted by Gasteiger charge is -2.53. The Labute approximate surface area is 186 Å². The maximum Gasteiger partial charge on any atom is 0.155 e. The zero-order chi connectivity index (χ0) is 21.8. The second kappa shape index (κ2) is 7.53.